The van der Waals surface area contributed by atoms with Crippen LogP contribution < -0.4 is 0 Å². The lowest BCUT2D eigenvalue weighted by Gasteiger charge is -2.65. The van der Waals surface area contributed by atoms with Gasteiger partial charge in [0.1, 0.15) is 5.78 Å². The van der Waals surface area contributed by atoms with Crippen molar-refractivity contribution in [3.63, 3.8) is 0 Å². The van der Waals surface area contributed by atoms with Gasteiger partial charge in [-0.05, 0) is 45.1 Å². The molecule has 0 amide bonds. The Labute approximate surface area is 114 Å². The Morgan fingerprint density at radius 3 is 3.05 bits per heavy atom. The maximum Gasteiger partial charge on any atom is 0.138 e. The minimum atomic E-state index is -0.209. The molecule has 0 radical (unpaired) electrons. The number of hydrogen-bond acceptors (Lipinski definition) is 3. The molecule has 19 heavy (non-hydrogen) atoms. The van der Waals surface area contributed by atoms with Crippen molar-refractivity contribution in [3.05, 3.63) is 11.6 Å². The van der Waals surface area contributed by atoms with Crippen molar-refractivity contribution in [1.82, 2.24) is 4.90 Å². The quantitative estimate of drug-likeness (QED) is 0.675. The number of Topliss-reactive ketones (excluding diaryl/α,β-unsaturated/α-hetero) is 1. The van der Waals surface area contributed by atoms with Crippen LogP contribution in [0.5, 0.6) is 0 Å². The van der Waals surface area contributed by atoms with Crippen LogP contribution in [0.2, 0.25) is 0 Å². The van der Waals surface area contributed by atoms with Gasteiger partial charge in [0, 0.05) is 30.3 Å². The second kappa shape index (κ2) is 3.92. The molecular formula is C16H23NO2. The fourth-order valence-corrected chi connectivity index (χ4v) is 5.71. The lowest BCUT2D eigenvalue weighted by Crippen LogP contribution is -2.73. The molecule has 2 bridgehead atoms. The second-order valence-electron chi connectivity index (χ2n) is 7.08. The van der Waals surface area contributed by atoms with Gasteiger partial charge in [0.25, 0.3) is 0 Å². The number of ketones is 1. The highest BCUT2D eigenvalue weighted by Gasteiger charge is 2.63. The van der Waals surface area contributed by atoms with Gasteiger partial charge in [-0.15, -0.1) is 0 Å². The Morgan fingerprint density at radius 1 is 1.37 bits per heavy atom. The number of hydrogen-bond donors (Lipinski definition) is 1. The molecule has 104 valence electrons. The van der Waals surface area contributed by atoms with Gasteiger partial charge in [-0.2, -0.15) is 0 Å². The van der Waals surface area contributed by atoms with Gasteiger partial charge in [-0.3, -0.25) is 9.69 Å². The Bertz CT molecular complexity index is 458. The van der Waals surface area contributed by atoms with E-state index < -0.39 is 0 Å². The number of allylic oxidation sites excluding steroid dienone is 1. The van der Waals surface area contributed by atoms with Gasteiger partial charge in [-0.25, -0.2) is 0 Å². The predicted molar refractivity (Wildman–Crippen MR) is 72.6 cm³/mol. The van der Waals surface area contributed by atoms with Gasteiger partial charge >= 0.3 is 0 Å². The van der Waals surface area contributed by atoms with Gasteiger partial charge in [-0.1, -0.05) is 11.6 Å². The fourth-order valence-electron chi connectivity index (χ4n) is 5.71. The fraction of sp³-hybridized carbons (Fsp3) is 0.812. The molecule has 0 aromatic rings. The zero-order valence-corrected chi connectivity index (χ0v) is 11.6. The third kappa shape index (κ3) is 1.43. The summed E-state index contributed by atoms with van der Waals surface area (Å²) in [4.78, 5) is 15.1. The van der Waals surface area contributed by atoms with Crippen LogP contribution >= 0.6 is 0 Å². The summed E-state index contributed by atoms with van der Waals surface area (Å²) < 4.78 is 0. The zero-order valence-electron chi connectivity index (χ0n) is 11.6. The van der Waals surface area contributed by atoms with Crippen molar-refractivity contribution >= 4 is 5.78 Å². The van der Waals surface area contributed by atoms with E-state index in [4.69, 9.17) is 0 Å². The van der Waals surface area contributed by atoms with Crippen molar-refractivity contribution in [3.8, 4) is 0 Å². The number of carbonyl (C=O) groups excluding carboxylic acids is 1. The molecule has 2 aliphatic carbocycles. The molecule has 1 spiro atoms. The summed E-state index contributed by atoms with van der Waals surface area (Å²) in [5, 5.41) is 10.6. The van der Waals surface area contributed by atoms with Crippen molar-refractivity contribution in [2.45, 2.75) is 50.7 Å². The standard InChI is InChI=1S/C16H23NO2/c1-10-7-11-8-14(19)12-3-2-5-17-6-4-13(18)15(11)16(12,17)9-10/h7,11-13,15,18H,2-6,8-9H2,1H3. The lowest BCUT2D eigenvalue weighted by molar-refractivity contribution is -0.175. The number of aliphatic hydroxyl groups is 1. The van der Waals surface area contributed by atoms with Crippen molar-refractivity contribution in [2.24, 2.45) is 17.8 Å². The summed E-state index contributed by atoms with van der Waals surface area (Å²) in [6.07, 6.45) is 6.81. The summed E-state index contributed by atoms with van der Waals surface area (Å²) >= 11 is 0. The van der Waals surface area contributed by atoms with Gasteiger partial charge in [0.05, 0.1) is 6.10 Å². The summed E-state index contributed by atoms with van der Waals surface area (Å²) in [5.41, 5.74) is 1.40. The molecule has 1 N–H and O–H groups in total. The molecule has 5 unspecified atom stereocenters. The molecule has 0 aromatic heterocycles. The molecule has 3 fully saturated rings. The van der Waals surface area contributed by atoms with Crippen molar-refractivity contribution in [1.29, 1.82) is 0 Å². The van der Waals surface area contributed by atoms with Crippen molar-refractivity contribution < 1.29 is 9.90 Å². The van der Waals surface area contributed by atoms with Crippen LogP contribution in [0.3, 0.4) is 0 Å². The summed E-state index contributed by atoms with van der Waals surface area (Å²) in [5.74, 6) is 1.23. The van der Waals surface area contributed by atoms with Crippen LogP contribution in [0.25, 0.3) is 0 Å². The first-order chi connectivity index (χ1) is 9.13. The Kier molecular flexibility index (Phi) is 2.50. The summed E-state index contributed by atoms with van der Waals surface area (Å²) in [7, 11) is 0. The zero-order chi connectivity index (χ0) is 13.2. The molecule has 2 aliphatic heterocycles. The summed E-state index contributed by atoms with van der Waals surface area (Å²) in [6, 6.07) is 0. The van der Waals surface area contributed by atoms with E-state index >= 15 is 0 Å². The second-order valence-corrected chi connectivity index (χ2v) is 7.08. The normalized spacial score (nSPS) is 49.6. The molecule has 2 heterocycles. The molecule has 1 saturated carbocycles. The van der Waals surface area contributed by atoms with E-state index in [9.17, 15) is 9.90 Å². The first kappa shape index (κ1) is 12.1. The first-order valence-corrected chi connectivity index (χ1v) is 7.76. The van der Waals surface area contributed by atoms with E-state index in [2.05, 4.69) is 17.9 Å². The highest BCUT2D eigenvalue weighted by Crippen LogP contribution is 2.57. The molecule has 3 heteroatoms. The number of nitrogens with zero attached hydrogens (tertiary/aromatic N) is 1. The number of piperidine rings is 2. The predicted octanol–water partition coefficient (Wildman–Crippen LogP) is 1.76. The molecule has 4 rings (SSSR count). The Hall–Kier alpha value is -0.670. The smallest absolute Gasteiger partial charge is 0.138 e. The average Bonchev–Trinajstić information content (AvgIpc) is 2.35. The maximum absolute atomic E-state index is 12.5. The van der Waals surface area contributed by atoms with E-state index in [1.165, 1.54) is 5.57 Å². The molecule has 5 atom stereocenters. The average molecular weight is 261 g/mol. The van der Waals surface area contributed by atoms with E-state index in [1.54, 1.807) is 0 Å². The minimum absolute atomic E-state index is 0.0330. The monoisotopic (exact) mass is 261 g/mol. The lowest BCUT2D eigenvalue weighted by atomic mass is 9.50. The van der Waals surface area contributed by atoms with Crippen LogP contribution in [0.4, 0.5) is 0 Å². The van der Waals surface area contributed by atoms with Gasteiger partial charge in [0.2, 0.25) is 0 Å². The van der Waals surface area contributed by atoms with E-state index in [1.807, 2.05) is 0 Å². The van der Waals surface area contributed by atoms with Crippen molar-refractivity contribution in [2.75, 3.05) is 13.1 Å². The van der Waals surface area contributed by atoms with E-state index in [0.717, 1.165) is 38.8 Å². The van der Waals surface area contributed by atoms with Crippen LogP contribution in [-0.2, 0) is 4.79 Å². The van der Waals surface area contributed by atoms with Gasteiger partial charge < -0.3 is 5.11 Å². The van der Waals surface area contributed by atoms with Crippen LogP contribution in [0.1, 0.15) is 39.0 Å². The Morgan fingerprint density at radius 2 is 2.21 bits per heavy atom. The van der Waals surface area contributed by atoms with E-state index in [-0.39, 0.29) is 23.5 Å². The molecule has 0 aromatic carbocycles. The highest BCUT2D eigenvalue weighted by atomic mass is 16.3. The summed E-state index contributed by atoms with van der Waals surface area (Å²) in [6.45, 7) is 4.30. The maximum atomic E-state index is 12.5. The van der Waals surface area contributed by atoms with E-state index in [0.29, 0.717) is 18.1 Å². The minimum Gasteiger partial charge on any atom is -0.393 e. The number of carbonyl (C=O) groups is 1. The van der Waals surface area contributed by atoms with Gasteiger partial charge in [0.15, 0.2) is 0 Å². The van der Waals surface area contributed by atoms with Crippen LogP contribution in [0.15, 0.2) is 11.6 Å². The first-order valence-electron chi connectivity index (χ1n) is 7.76. The number of aliphatic hydroxyl groups excluding tert-OH is 1. The van der Waals surface area contributed by atoms with Crippen LogP contribution in [-0.4, -0.2) is 40.5 Å². The molecular weight excluding hydrogens is 238 g/mol. The molecule has 3 nitrogen and oxygen atoms in total. The number of rotatable bonds is 0. The third-order valence-corrected chi connectivity index (χ3v) is 6.15. The highest BCUT2D eigenvalue weighted by molar-refractivity contribution is 5.85. The SMILES string of the molecule is CC1=CC2CC(=O)C3CCCN4CCC(O)C2C34C1. The Balaban J connectivity index is 1.89. The van der Waals surface area contributed by atoms with Crippen LogP contribution in [0, 0.1) is 17.8 Å². The largest absolute Gasteiger partial charge is 0.393 e. The topological polar surface area (TPSA) is 40.5 Å². The molecule has 4 aliphatic rings. The third-order valence-electron chi connectivity index (χ3n) is 6.15. The molecule has 2 saturated heterocycles.